The van der Waals surface area contributed by atoms with Crippen LogP contribution in [0.25, 0.3) is 0 Å². The molecular weight excluding hydrogens is 164 g/mol. The number of rotatable bonds is 3. The molecule has 2 nitrogen and oxygen atoms in total. The van der Waals surface area contributed by atoms with Crippen LogP contribution in [-0.4, -0.2) is 23.9 Å². The fourth-order valence-corrected chi connectivity index (χ4v) is 1.77. The molecule has 1 N–H and O–H groups in total. The molecule has 1 heterocycles. The van der Waals surface area contributed by atoms with Gasteiger partial charge in [0.05, 0.1) is 5.60 Å². The van der Waals surface area contributed by atoms with Gasteiger partial charge < -0.3 is 9.84 Å². The van der Waals surface area contributed by atoms with Crippen molar-refractivity contribution < 1.29 is 9.84 Å². The van der Waals surface area contributed by atoms with Crippen LogP contribution in [0.1, 0.15) is 40.0 Å². The smallest absolute Gasteiger partial charge is 0.0645 e. The molecule has 78 valence electrons. The third-order valence-electron chi connectivity index (χ3n) is 3.29. The monoisotopic (exact) mass is 186 g/mol. The Kier molecular flexibility index (Phi) is 3.74. The first-order valence-corrected chi connectivity index (χ1v) is 5.32. The van der Waals surface area contributed by atoms with Gasteiger partial charge in [-0.1, -0.05) is 13.8 Å². The van der Waals surface area contributed by atoms with Gasteiger partial charge >= 0.3 is 0 Å². The SMILES string of the molecule is CC(C)C(C)(O)CC1CCOCC1. The van der Waals surface area contributed by atoms with E-state index in [9.17, 15) is 5.11 Å². The van der Waals surface area contributed by atoms with Crippen LogP contribution in [0.5, 0.6) is 0 Å². The maximum atomic E-state index is 10.1. The quantitative estimate of drug-likeness (QED) is 0.732. The van der Waals surface area contributed by atoms with E-state index in [1.807, 2.05) is 6.92 Å². The van der Waals surface area contributed by atoms with Crippen molar-refractivity contribution in [3.63, 3.8) is 0 Å². The molecule has 1 unspecified atom stereocenters. The Labute approximate surface area is 81.3 Å². The average Bonchev–Trinajstić information content (AvgIpc) is 2.05. The molecule has 0 saturated carbocycles. The summed E-state index contributed by atoms with van der Waals surface area (Å²) in [5, 5.41) is 10.1. The van der Waals surface area contributed by atoms with Crippen LogP contribution < -0.4 is 0 Å². The van der Waals surface area contributed by atoms with Crippen LogP contribution in [0.15, 0.2) is 0 Å². The van der Waals surface area contributed by atoms with Crippen LogP contribution in [-0.2, 0) is 4.74 Å². The summed E-state index contributed by atoms with van der Waals surface area (Å²) in [5.41, 5.74) is -0.498. The molecule has 0 bridgehead atoms. The molecule has 1 rings (SSSR count). The van der Waals surface area contributed by atoms with Gasteiger partial charge in [-0.05, 0) is 38.0 Å². The molecule has 1 aliphatic rings. The molecular formula is C11H22O2. The summed E-state index contributed by atoms with van der Waals surface area (Å²) in [6, 6.07) is 0. The zero-order valence-corrected chi connectivity index (χ0v) is 9.05. The molecule has 0 aromatic carbocycles. The van der Waals surface area contributed by atoms with Crippen molar-refractivity contribution in [2.45, 2.75) is 45.6 Å². The Morgan fingerprint density at radius 2 is 1.92 bits per heavy atom. The first kappa shape index (κ1) is 11.0. The Bertz CT molecular complexity index is 146. The molecule has 0 spiro atoms. The summed E-state index contributed by atoms with van der Waals surface area (Å²) in [6.07, 6.45) is 3.15. The molecule has 0 aromatic rings. The minimum absolute atomic E-state index is 0.343. The van der Waals surface area contributed by atoms with Gasteiger partial charge in [0.15, 0.2) is 0 Å². The lowest BCUT2D eigenvalue weighted by Gasteiger charge is -2.33. The predicted molar refractivity (Wildman–Crippen MR) is 53.6 cm³/mol. The highest BCUT2D eigenvalue weighted by Gasteiger charge is 2.29. The van der Waals surface area contributed by atoms with Crippen LogP contribution >= 0.6 is 0 Å². The van der Waals surface area contributed by atoms with Crippen molar-refractivity contribution in [1.82, 2.24) is 0 Å². The number of hydrogen-bond donors (Lipinski definition) is 1. The second kappa shape index (κ2) is 4.43. The van der Waals surface area contributed by atoms with E-state index in [1.165, 1.54) is 0 Å². The van der Waals surface area contributed by atoms with Crippen LogP contribution in [0.3, 0.4) is 0 Å². The van der Waals surface area contributed by atoms with Crippen LogP contribution in [0.2, 0.25) is 0 Å². The third kappa shape index (κ3) is 3.28. The van der Waals surface area contributed by atoms with Crippen molar-refractivity contribution >= 4 is 0 Å². The van der Waals surface area contributed by atoms with Gasteiger partial charge in [0.2, 0.25) is 0 Å². The normalized spacial score (nSPS) is 24.7. The van der Waals surface area contributed by atoms with Crippen molar-refractivity contribution in [3.8, 4) is 0 Å². The second-order valence-corrected chi connectivity index (χ2v) is 4.77. The molecule has 1 fully saturated rings. The highest BCUT2D eigenvalue weighted by molar-refractivity contribution is 4.80. The molecule has 1 atom stereocenters. The zero-order valence-electron chi connectivity index (χ0n) is 9.05. The van der Waals surface area contributed by atoms with Gasteiger partial charge in [0.25, 0.3) is 0 Å². The minimum atomic E-state index is -0.498. The molecule has 2 heteroatoms. The van der Waals surface area contributed by atoms with Crippen molar-refractivity contribution in [3.05, 3.63) is 0 Å². The number of ether oxygens (including phenoxy) is 1. The van der Waals surface area contributed by atoms with Crippen molar-refractivity contribution in [1.29, 1.82) is 0 Å². The summed E-state index contributed by atoms with van der Waals surface area (Å²) >= 11 is 0. The van der Waals surface area contributed by atoms with E-state index in [2.05, 4.69) is 13.8 Å². The highest BCUT2D eigenvalue weighted by atomic mass is 16.5. The minimum Gasteiger partial charge on any atom is -0.390 e. The first-order chi connectivity index (χ1) is 6.02. The predicted octanol–water partition coefficient (Wildman–Crippen LogP) is 2.21. The fraction of sp³-hybridized carbons (Fsp3) is 1.00. The summed E-state index contributed by atoms with van der Waals surface area (Å²) in [7, 11) is 0. The van der Waals surface area contributed by atoms with E-state index in [0.717, 1.165) is 32.5 Å². The summed E-state index contributed by atoms with van der Waals surface area (Å²) < 4.78 is 5.29. The largest absolute Gasteiger partial charge is 0.390 e. The first-order valence-electron chi connectivity index (χ1n) is 5.32. The Balaban J connectivity index is 2.37. The van der Waals surface area contributed by atoms with E-state index < -0.39 is 5.60 Å². The summed E-state index contributed by atoms with van der Waals surface area (Å²) in [5.74, 6) is 1.00. The molecule has 0 amide bonds. The van der Waals surface area contributed by atoms with Crippen molar-refractivity contribution in [2.75, 3.05) is 13.2 Å². The lowest BCUT2D eigenvalue weighted by Crippen LogP contribution is -2.35. The van der Waals surface area contributed by atoms with Crippen molar-refractivity contribution in [2.24, 2.45) is 11.8 Å². The van der Waals surface area contributed by atoms with Gasteiger partial charge in [-0.3, -0.25) is 0 Å². The zero-order chi connectivity index (χ0) is 9.90. The van der Waals surface area contributed by atoms with Gasteiger partial charge in [-0.15, -0.1) is 0 Å². The molecule has 0 aromatic heterocycles. The van der Waals surface area contributed by atoms with Crippen LogP contribution in [0, 0.1) is 11.8 Å². The molecule has 1 aliphatic heterocycles. The molecule has 13 heavy (non-hydrogen) atoms. The second-order valence-electron chi connectivity index (χ2n) is 4.77. The van der Waals surface area contributed by atoms with Gasteiger partial charge in [0.1, 0.15) is 0 Å². The van der Waals surface area contributed by atoms with E-state index in [0.29, 0.717) is 11.8 Å². The summed E-state index contributed by atoms with van der Waals surface area (Å²) in [4.78, 5) is 0. The highest BCUT2D eigenvalue weighted by Crippen LogP contribution is 2.29. The van der Waals surface area contributed by atoms with Gasteiger partial charge in [-0.25, -0.2) is 0 Å². The Morgan fingerprint density at radius 1 is 1.38 bits per heavy atom. The molecule has 0 aliphatic carbocycles. The van der Waals surface area contributed by atoms with E-state index in [1.54, 1.807) is 0 Å². The maximum Gasteiger partial charge on any atom is 0.0645 e. The Morgan fingerprint density at radius 3 is 2.38 bits per heavy atom. The van der Waals surface area contributed by atoms with Gasteiger partial charge in [0, 0.05) is 13.2 Å². The maximum absolute atomic E-state index is 10.1. The summed E-state index contributed by atoms with van der Waals surface area (Å²) in [6.45, 7) is 7.86. The van der Waals surface area contributed by atoms with Crippen LogP contribution in [0.4, 0.5) is 0 Å². The number of aliphatic hydroxyl groups is 1. The topological polar surface area (TPSA) is 29.5 Å². The third-order valence-corrected chi connectivity index (χ3v) is 3.29. The van der Waals surface area contributed by atoms with E-state index in [-0.39, 0.29) is 0 Å². The lowest BCUT2D eigenvalue weighted by atomic mass is 9.81. The van der Waals surface area contributed by atoms with E-state index >= 15 is 0 Å². The molecule has 0 radical (unpaired) electrons. The number of hydrogen-bond acceptors (Lipinski definition) is 2. The standard InChI is InChI=1S/C11H22O2/c1-9(2)11(3,12)8-10-4-6-13-7-5-10/h9-10,12H,4-8H2,1-3H3. The molecule has 1 saturated heterocycles. The van der Waals surface area contributed by atoms with E-state index in [4.69, 9.17) is 4.74 Å². The lowest BCUT2D eigenvalue weighted by molar-refractivity contribution is -0.0295. The Hall–Kier alpha value is -0.0800. The average molecular weight is 186 g/mol. The fourth-order valence-electron chi connectivity index (χ4n) is 1.77. The van der Waals surface area contributed by atoms with Gasteiger partial charge in [-0.2, -0.15) is 0 Å².